The van der Waals surface area contributed by atoms with Crippen LogP contribution in [0.5, 0.6) is 0 Å². The van der Waals surface area contributed by atoms with Gasteiger partial charge in [0.2, 0.25) is 0 Å². The number of fused-ring (bicyclic) bond motifs is 3. The molecule has 0 aliphatic heterocycles. The number of benzene rings is 3. The molecule has 1 atom stereocenters. The number of hydrogen-bond acceptors (Lipinski definition) is 3. The van der Waals surface area contributed by atoms with Gasteiger partial charge < -0.3 is 14.5 Å². The first-order valence-electron chi connectivity index (χ1n) is 12.0. The van der Waals surface area contributed by atoms with Crippen molar-refractivity contribution in [2.75, 3.05) is 13.2 Å². The number of alkyl carbamates (subject to hydrolysis) is 1. The maximum atomic E-state index is 13.0. The van der Waals surface area contributed by atoms with Gasteiger partial charge in [0.15, 0.2) is 8.32 Å². The minimum atomic E-state index is -1.96. The van der Waals surface area contributed by atoms with Gasteiger partial charge >= 0.3 is 6.09 Å². The molecule has 1 N–H and O–H groups in total. The average Bonchev–Trinajstić information content (AvgIpc) is 3.14. The van der Waals surface area contributed by atoms with Crippen LogP contribution in [0, 0.1) is 0 Å². The third-order valence-corrected chi connectivity index (χ3v) is 11.8. The minimum Gasteiger partial charge on any atom is -0.449 e. The number of rotatable bonds is 7. The van der Waals surface area contributed by atoms with Crippen molar-refractivity contribution < 1.29 is 14.0 Å². The van der Waals surface area contributed by atoms with Crippen molar-refractivity contribution in [2.24, 2.45) is 0 Å². The summed E-state index contributed by atoms with van der Waals surface area (Å²) in [5, 5.41) is 3.16. The van der Waals surface area contributed by atoms with E-state index in [4.69, 9.17) is 9.16 Å². The number of carbonyl (C=O) groups is 1. The molecule has 1 aliphatic rings. The molecule has 3 aromatic rings. The van der Waals surface area contributed by atoms with Crippen LogP contribution in [0.4, 0.5) is 4.79 Å². The van der Waals surface area contributed by atoms with Crippen LogP contribution in [0.1, 0.15) is 49.4 Å². The van der Waals surface area contributed by atoms with Gasteiger partial charge in [-0.25, -0.2) is 4.79 Å². The summed E-state index contributed by atoms with van der Waals surface area (Å²) in [7, 11) is -1.96. The van der Waals surface area contributed by atoms with E-state index in [9.17, 15) is 4.79 Å². The molecule has 1 amide bonds. The maximum Gasteiger partial charge on any atom is 0.407 e. The fourth-order valence-electron chi connectivity index (χ4n) is 4.20. The molecule has 0 aromatic heterocycles. The molecule has 3 aromatic carbocycles. The van der Waals surface area contributed by atoms with Crippen LogP contribution in [-0.4, -0.2) is 27.6 Å². The Bertz CT molecular complexity index is 1090. The van der Waals surface area contributed by atoms with E-state index in [1.54, 1.807) is 0 Å². The predicted octanol–water partition coefficient (Wildman–Crippen LogP) is 7.29. The Balaban J connectivity index is 1.45. The summed E-state index contributed by atoms with van der Waals surface area (Å²) in [5.74, 6) is 0.0387. The molecular weight excluding hydrogens is 438 g/mol. The molecule has 0 saturated carbocycles. The van der Waals surface area contributed by atoms with Gasteiger partial charge in [-0.05, 0) is 45.9 Å². The van der Waals surface area contributed by atoms with Gasteiger partial charge in [0, 0.05) is 5.92 Å². The van der Waals surface area contributed by atoms with E-state index in [2.05, 4.69) is 75.6 Å². The van der Waals surface area contributed by atoms with Crippen molar-refractivity contribution in [3.63, 3.8) is 0 Å². The fraction of sp³-hybridized carbons (Fsp3) is 0.345. The predicted molar refractivity (Wildman–Crippen MR) is 141 cm³/mol. The summed E-state index contributed by atoms with van der Waals surface area (Å²) in [6, 6.07) is 26.4. The Morgan fingerprint density at radius 1 is 0.882 bits per heavy atom. The molecule has 0 unspecified atom stereocenters. The molecule has 1 aliphatic carbocycles. The largest absolute Gasteiger partial charge is 0.449 e. The second-order valence-electron chi connectivity index (χ2n) is 10.5. The molecule has 4 nitrogen and oxygen atoms in total. The number of amides is 1. The van der Waals surface area contributed by atoms with Crippen molar-refractivity contribution in [3.8, 4) is 11.1 Å². The van der Waals surface area contributed by atoms with Gasteiger partial charge in [0.25, 0.3) is 0 Å². The van der Waals surface area contributed by atoms with E-state index in [1.807, 2.05) is 42.5 Å². The minimum absolute atomic E-state index is 0.0387. The van der Waals surface area contributed by atoms with Crippen molar-refractivity contribution in [2.45, 2.75) is 50.9 Å². The molecule has 0 radical (unpaired) electrons. The number of nitrogens with one attached hydrogen (secondary N) is 1. The molecule has 0 spiro atoms. The lowest BCUT2D eigenvalue weighted by Crippen LogP contribution is -2.43. The van der Waals surface area contributed by atoms with Gasteiger partial charge in [-0.3, -0.25) is 0 Å². The number of carbonyl (C=O) groups excluding carboxylic acids is 1. The topological polar surface area (TPSA) is 47.6 Å². The molecule has 4 rings (SSSR count). The Morgan fingerprint density at radius 2 is 1.41 bits per heavy atom. The van der Waals surface area contributed by atoms with E-state index >= 15 is 0 Å². The molecule has 34 heavy (non-hydrogen) atoms. The summed E-state index contributed by atoms with van der Waals surface area (Å²) in [6.45, 7) is 11.8. The Hall–Kier alpha value is -2.89. The van der Waals surface area contributed by atoms with Gasteiger partial charge in [-0.2, -0.15) is 0 Å². The zero-order chi connectivity index (χ0) is 24.3. The molecule has 0 heterocycles. The summed E-state index contributed by atoms with van der Waals surface area (Å²) in [5.41, 5.74) is 5.86. The van der Waals surface area contributed by atoms with Crippen LogP contribution in [0.3, 0.4) is 0 Å². The second-order valence-corrected chi connectivity index (χ2v) is 15.3. The molecule has 5 heteroatoms. The highest BCUT2D eigenvalue weighted by Gasteiger charge is 2.38. The van der Waals surface area contributed by atoms with E-state index in [0.717, 1.165) is 5.56 Å². The Morgan fingerprint density at radius 3 is 1.97 bits per heavy atom. The van der Waals surface area contributed by atoms with Crippen LogP contribution < -0.4 is 5.32 Å². The highest BCUT2D eigenvalue weighted by Crippen LogP contribution is 2.44. The van der Waals surface area contributed by atoms with E-state index in [1.165, 1.54) is 22.3 Å². The summed E-state index contributed by atoms with van der Waals surface area (Å²) in [4.78, 5) is 13.0. The third-order valence-electron chi connectivity index (χ3n) is 7.25. The lowest BCUT2D eigenvalue weighted by molar-refractivity contribution is 0.133. The van der Waals surface area contributed by atoms with Crippen molar-refractivity contribution in [3.05, 3.63) is 95.6 Å². The maximum absolute atomic E-state index is 13.0. The Labute approximate surface area is 204 Å². The smallest absolute Gasteiger partial charge is 0.407 e. The molecule has 178 valence electrons. The molecule has 0 saturated heterocycles. The summed E-state index contributed by atoms with van der Waals surface area (Å²) < 4.78 is 12.2. The first-order valence-corrected chi connectivity index (χ1v) is 14.9. The van der Waals surface area contributed by atoms with Crippen LogP contribution in [0.2, 0.25) is 18.1 Å². The first kappa shape index (κ1) is 24.2. The fourth-order valence-corrected chi connectivity index (χ4v) is 5.21. The average molecular weight is 474 g/mol. The Kier molecular flexibility index (Phi) is 6.96. The van der Waals surface area contributed by atoms with Crippen LogP contribution in [0.15, 0.2) is 78.9 Å². The van der Waals surface area contributed by atoms with Gasteiger partial charge in [-0.15, -0.1) is 0 Å². The zero-order valence-electron chi connectivity index (χ0n) is 20.8. The van der Waals surface area contributed by atoms with E-state index in [0.29, 0.717) is 13.2 Å². The lowest BCUT2D eigenvalue weighted by atomic mass is 9.98. The summed E-state index contributed by atoms with van der Waals surface area (Å²) >= 11 is 0. The van der Waals surface area contributed by atoms with Crippen molar-refractivity contribution in [1.82, 2.24) is 5.32 Å². The lowest BCUT2D eigenvalue weighted by Gasteiger charge is -2.37. The second kappa shape index (κ2) is 9.77. The monoisotopic (exact) mass is 473 g/mol. The van der Waals surface area contributed by atoms with Crippen LogP contribution in [-0.2, 0) is 9.16 Å². The van der Waals surface area contributed by atoms with Crippen molar-refractivity contribution in [1.29, 1.82) is 0 Å². The molecule has 0 bridgehead atoms. The molecule has 0 fully saturated rings. The first-order chi connectivity index (χ1) is 16.2. The summed E-state index contributed by atoms with van der Waals surface area (Å²) in [6.07, 6.45) is -0.422. The zero-order valence-corrected chi connectivity index (χ0v) is 21.8. The standard InChI is InChI=1S/C29H35NO3Si/c1-29(2,3)34(4,5)33-20-27(21-13-7-6-8-14-21)30-28(31)32-19-26-24-17-11-9-15-22(24)23-16-10-12-18-25(23)26/h6-18,26-27H,19-20H2,1-5H3,(H,30,31)/t27-/m1/s1. The highest BCUT2D eigenvalue weighted by molar-refractivity contribution is 6.74. The highest BCUT2D eigenvalue weighted by atomic mass is 28.4. The SMILES string of the molecule is CC(C)(C)[Si](C)(C)OC[C@@H](NC(=O)OCC1c2ccccc2-c2ccccc21)c1ccccc1. The number of hydrogen-bond donors (Lipinski definition) is 1. The molecular formula is C29H35NO3Si. The van der Waals surface area contributed by atoms with E-state index < -0.39 is 14.4 Å². The van der Waals surface area contributed by atoms with Gasteiger partial charge in [0.1, 0.15) is 6.61 Å². The number of ether oxygens (including phenoxy) is 1. The van der Waals surface area contributed by atoms with Gasteiger partial charge in [-0.1, -0.05) is 99.6 Å². The van der Waals surface area contributed by atoms with Crippen LogP contribution >= 0.6 is 0 Å². The van der Waals surface area contributed by atoms with Crippen LogP contribution in [0.25, 0.3) is 11.1 Å². The quantitative estimate of drug-likeness (QED) is 0.367. The van der Waals surface area contributed by atoms with Gasteiger partial charge in [0.05, 0.1) is 12.6 Å². The van der Waals surface area contributed by atoms with Crippen molar-refractivity contribution >= 4 is 14.4 Å². The third kappa shape index (κ3) is 5.11. The normalized spacial score (nSPS) is 14.3. The van der Waals surface area contributed by atoms with E-state index in [-0.39, 0.29) is 17.0 Å².